The van der Waals surface area contributed by atoms with Gasteiger partial charge in [0.15, 0.2) is 0 Å². The summed E-state index contributed by atoms with van der Waals surface area (Å²) in [5.74, 6) is -2.34. The van der Waals surface area contributed by atoms with Gasteiger partial charge in [-0.25, -0.2) is 4.79 Å². The Morgan fingerprint density at radius 2 is 2.10 bits per heavy atom. The fourth-order valence-corrected chi connectivity index (χ4v) is 1.90. The molecule has 0 aromatic heterocycles. The highest BCUT2D eigenvalue weighted by molar-refractivity contribution is 5.84. The molecule has 0 aromatic carbocycles. The molecule has 1 heterocycles. The van der Waals surface area contributed by atoms with E-state index in [2.05, 4.69) is 5.32 Å². The lowest BCUT2D eigenvalue weighted by molar-refractivity contribution is -0.145. The van der Waals surface area contributed by atoms with Crippen LogP contribution in [0.3, 0.4) is 0 Å². The monoisotopic (exact) mass is 290 g/mol. The second-order valence-corrected chi connectivity index (χ2v) is 4.46. The fourth-order valence-electron chi connectivity index (χ4n) is 1.90. The molecular formula is C11H18N2O7. The molecule has 1 aliphatic rings. The maximum Gasteiger partial charge on any atom is 0.370 e. The van der Waals surface area contributed by atoms with Gasteiger partial charge in [-0.15, -0.1) is 0 Å². The Bertz CT molecular complexity index is 412. The Balaban J connectivity index is 3.04. The summed E-state index contributed by atoms with van der Waals surface area (Å²) in [5.41, 5.74) is 5.74. The zero-order valence-corrected chi connectivity index (χ0v) is 10.8. The van der Waals surface area contributed by atoms with Crippen molar-refractivity contribution in [3.63, 3.8) is 0 Å². The van der Waals surface area contributed by atoms with E-state index in [1.165, 1.54) is 6.92 Å². The van der Waals surface area contributed by atoms with Crippen molar-refractivity contribution >= 4 is 11.9 Å². The zero-order valence-electron chi connectivity index (χ0n) is 10.8. The second-order valence-electron chi connectivity index (χ2n) is 4.46. The van der Waals surface area contributed by atoms with Gasteiger partial charge in [-0.3, -0.25) is 4.79 Å². The SMILES string of the molecule is CC(=O)NC1[C@H](N)C=C(C(=O)O)O[C@@H]1[C@@H](O)[C@@H](O)CO. The Hall–Kier alpha value is -1.68. The fraction of sp³-hybridized carbons (Fsp3) is 0.636. The number of nitrogens with two attached hydrogens (primary N) is 1. The summed E-state index contributed by atoms with van der Waals surface area (Å²) in [4.78, 5) is 22.0. The predicted molar refractivity (Wildman–Crippen MR) is 65.3 cm³/mol. The van der Waals surface area contributed by atoms with E-state index in [-0.39, 0.29) is 0 Å². The van der Waals surface area contributed by atoms with E-state index in [0.717, 1.165) is 6.08 Å². The molecule has 0 radical (unpaired) electrons. The summed E-state index contributed by atoms with van der Waals surface area (Å²) < 4.78 is 5.06. The lowest BCUT2D eigenvalue weighted by Crippen LogP contribution is -2.62. The average molecular weight is 290 g/mol. The van der Waals surface area contributed by atoms with Crippen molar-refractivity contribution < 1.29 is 34.8 Å². The Kier molecular flexibility index (Phi) is 5.45. The molecule has 1 amide bonds. The third-order valence-corrected chi connectivity index (χ3v) is 2.87. The van der Waals surface area contributed by atoms with Crippen LogP contribution in [0, 0.1) is 0 Å². The molecule has 5 atom stereocenters. The molecule has 20 heavy (non-hydrogen) atoms. The lowest BCUT2D eigenvalue weighted by atomic mass is 9.92. The molecule has 0 bridgehead atoms. The molecule has 0 spiro atoms. The van der Waals surface area contributed by atoms with E-state index in [4.69, 9.17) is 20.7 Å². The van der Waals surface area contributed by atoms with Gasteiger partial charge in [0, 0.05) is 6.92 Å². The maximum atomic E-state index is 11.1. The van der Waals surface area contributed by atoms with Gasteiger partial charge >= 0.3 is 5.97 Å². The average Bonchev–Trinajstić information content (AvgIpc) is 2.38. The molecule has 1 aliphatic heterocycles. The highest BCUT2D eigenvalue weighted by Gasteiger charge is 2.42. The molecule has 7 N–H and O–H groups in total. The van der Waals surface area contributed by atoms with Crippen LogP contribution in [0.25, 0.3) is 0 Å². The third-order valence-electron chi connectivity index (χ3n) is 2.87. The van der Waals surface area contributed by atoms with E-state index >= 15 is 0 Å². The quantitative estimate of drug-likeness (QED) is 0.310. The Morgan fingerprint density at radius 1 is 1.50 bits per heavy atom. The van der Waals surface area contributed by atoms with Gasteiger partial charge in [-0.1, -0.05) is 0 Å². The molecule has 0 aliphatic carbocycles. The van der Waals surface area contributed by atoms with Gasteiger partial charge in [0.25, 0.3) is 0 Å². The molecule has 9 heteroatoms. The largest absolute Gasteiger partial charge is 0.478 e. The number of carboxylic acids is 1. The van der Waals surface area contributed by atoms with Crippen LogP contribution in [-0.2, 0) is 14.3 Å². The number of nitrogens with one attached hydrogen (secondary N) is 1. The molecular weight excluding hydrogens is 272 g/mol. The molecule has 114 valence electrons. The molecule has 0 saturated carbocycles. The first kappa shape index (κ1) is 16.4. The van der Waals surface area contributed by atoms with Crippen LogP contribution in [0.1, 0.15) is 6.92 Å². The number of hydrogen-bond acceptors (Lipinski definition) is 7. The summed E-state index contributed by atoms with van der Waals surface area (Å²) in [6.45, 7) is 0.463. The van der Waals surface area contributed by atoms with Crippen LogP contribution >= 0.6 is 0 Å². The zero-order chi connectivity index (χ0) is 15.4. The van der Waals surface area contributed by atoms with Gasteiger partial charge in [0.1, 0.15) is 18.3 Å². The van der Waals surface area contributed by atoms with Crippen LogP contribution < -0.4 is 11.1 Å². The summed E-state index contributed by atoms with van der Waals surface area (Å²) in [5, 5.41) is 39.5. The van der Waals surface area contributed by atoms with Crippen molar-refractivity contribution in [2.45, 2.75) is 37.3 Å². The highest BCUT2D eigenvalue weighted by Crippen LogP contribution is 2.21. The number of amides is 1. The van der Waals surface area contributed by atoms with Crippen molar-refractivity contribution in [1.29, 1.82) is 0 Å². The van der Waals surface area contributed by atoms with Crippen LogP contribution in [0.2, 0.25) is 0 Å². The van der Waals surface area contributed by atoms with Gasteiger partial charge < -0.3 is 36.2 Å². The molecule has 0 aromatic rings. The van der Waals surface area contributed by atoms with Crippen LogP contribution in [0.4, 0.5) is 0 Å². The number of rotatable bonds is 5. The van der Waals surface area contributed by atoms with E-state index in [1.54, 1.807) is 0 Å². The summed E-state index contributed by atoms with van der Waals surface area (Å²) in [6, 6.07) is -1.86. The number of hydrogen-bond donors (Lipinski definition) is 6. The van der Waals surface area contributed by atoms with E-state index in [1.807, 2.05) is 0 Å². The number of ether oxygens (including phenoxy) is 1. The van der Waals surface area contributed by atoms with Crippen molar-refractivity contribution in [2.24, 2.45) is 5.73 Å². The highest BCUT2D eigenvalue weighted by atomic mass is 16.5. The number of carbonyl (C=O) groups excluding carboxylic acids is 1. The first-order valence-electron chi connectivity index (χ1n) is 5.89. The van der Waals surface area contributed by atoms with E-state index < -0.39 is 54.6 Å². The topological polar surface area (TPSA) is 162 Å². The lowest BCUT2D eigenvalue weighted by Gasteiger charge is -2.38. The van der Waals surface area contributed by atoms with Gasteiger partial charge in [-0.2, -0.15) is 0 Å². The minimum absolute atomic E-state index is 0.461. The summed E-state index contributed by atoms with van der Waals surface area (Å²) in [6.07, 6.45) is -3.38. The van der Waals surface area contributed by atoms with Gasteiger partial charge in [0.2, 0.25) is 11.7 Å². The minimum atomic E-state index is -1.62. The summed E-state index contributed by atoms with van der Waals surface area (Å²) >= 11 is 0. The molecule has 0 saturated heterocycles. The Morgan fingerprint density at radius 3 is 2.55 bits per heavy atom. The smallest absolute Gasteiger partial charge is 0.370 e. The number of carboxylic acid groups (broad SMARTS) is 1. The second kappa shape index (κ2) is 6.66. The van der Waals surface area contributed by atoms with Gasteiger partial charge in [-0.05, 0) is 6.08 Å². The third kappa shape index (κ3) is 3.67. The molecule has 1 rings (SSSR count). The maximum absolute atomic E-state index is 11.1. The first-order valence-corrected chi connectivity index (χ1v) is 5.89. The van der Waals surface area contributed by atoms with Crippen molar-refractivity contribution in [3.8, 4) is 0 Å². The molecule has 1 unspecified atom stereocenters. The number of carbonyl (C=O) groups is 2. The normalized spacial score (nSPS) is 28.9. The molecule has 0 fully saturated rings. The minimum Gasteiger partial charge on any atom is -0.478 e. The molecule has 9 nitrogen and oxygen atoms in total. The summed E-state index contributed by atoms with van der Waals surface area (Å²) in [7, 11) is 0. The van der Waals surface area contributed by atoms with Crippen molar-refractivity contribution in [3.05, 3.63) is 11.8 Å². The Labute approximate surface area is 114 Å². The number of aliphatic hydroxyl groups excluding tert-OH is 3. The van der Waals surface area contributed by atoms with E-state index in [9.17, 15) is 19.8 Å². The van der Waals surface area contributed by atoms with E-state index in [0.29, 0.717) is 0 Å². The van der Waals surface area contributed by atoms with Gasteiger partial charge in [0.05, 0.1) is 18.7 Å². The van der Waals surface area contributed by atoms with Crippen LogP contribution in [0.15, 0.2) is 11.8 Å². The van der Waals surface area contributed by atoms with Crippen molar-refractivity contribution in [1.82, 2.24) is 5.32 Å². The number of aliphatic hydroxyl groups is 3. The van der Waals surface area contributed by atoms with Crippen LogP contribution in [0.5, 0.6) is 0 Å². The first-order chi connectivity index (χ1) is 9.27. The van der Waals surface area contributed by atoms with Crippen molar-refractivity contribution in [2.75, 3.05) is 6.61 Å². The standard InChI is InChI=1S/C11H18N2O7/c1-4(15)13-8-5(12)2-7(11(18)19)20-10(8)9(17)6(16)3-14/h2,5-6,8-10,14,16-17H,3,12H2,1H3,(H,13,15)(H,18,19)/t5-,6+,8?,9+,10+/m1/s1. The van der Waals surface area contributed by atoms with Crippen LogP contribution in [-0.4, -0.2) is 69.3 Å². The predicted octanol–water partition coefficient (Wildman–Crippen LogP) is -3.10. The number of aliphatic carboxylic acids is 1.